The van der Waals surface area contributed by atoms with Crippen molar-refractivity contribution < 1.29 is 19.8 Å². The Kier molecular flexibility index (Phi) is 5.95. The van der Waals surface area contributed by atoms with Crippen LogP contribution in [0.4, 0.5) is 4.79 Å². The van der Waals surface area contributed by atoms with Gasteiger partial charge >= 0.3 is 12.0 Å². The molecule has 3 N–H and O–H groups in total. The summed E-state index contributed by atoms with van der Waals surface area (Å²) in [5, 5.41) is 20.8. The zero-order chi connectivity index (χ0) is 13.6. The molecule has 0 saturated carbocycles. The third-order valence-corrected chi connectivity index (χ3v) is 2.25. The van der Waals surface area contributed by atoms with Gasteiger partial charge in [0.15, 0.2) is 0 Å². The van der Waals surface area contributed by atoms with Gasteiger partial charge in [0.05, 0.1) is 18.1 Å². The van der Waals surface area contributed by atoms with E-state index in [9.17, 15) is 14.7 Å². The molecule has 0 rings (SSSR count). The van der Waals surface area contributed by atoms with Gasteiger partial charge in [0.1, 0.15) is 0 Å². The highest BCUT2D eigenvalue weighted by atomic mass is 16.4. The number of carbonyl (C=O) groups is 2. The summed E-state index contributed by atoms with van der Waals surface area (Å²) in [6.45, 7) is 5.34. The molecule has 1 unspecified atom stereocenters. The first-order chi connectivity index (χ1) is 7.63. The van der Waals surface area contributed by atoms with Crippen LogP contribution in [0.15, 0.2) is 0 Å². The molecule has 2 amide bonds. The van der Waals surface area contributed by atoms with E-state index < -0.39 is 17.5 Å². The number of carboxylic acids is 1. The smallest absolute Gasteiger partial charge is 0.317 e. The third kappa shape index (κ3) is 7.57. The van der Waals surface area contributed by atoms with Crippen LogP contribution in [-0.4, -0.2) is 52.9 Å². The lowest BCUT2D eigenvalue weighted by Crippen LogP contribution is -2.45. The fourth-order valence-electron chi connectivity index (χ4n) is 1.31. The molecule has 0 spiro atoms. The molecule has 17 heavy (non-hydrogen) atoms. The van der Waals surface area contributed by atoms with Gasteiger partial charge in [-0.1, -0.05) is 6.92 Å². The van der Waals surface area contributed by atoms with Crippen LogP contribution in [0, 0.1) is 5.92 Å². The normalized spacial score (nSPS) is 13.0. The second-order valence-corrected chi connectivity index (χ2v) is 4.93. The van der Waals surface area contributed by atoms with E-state index in [0.717, 1.165) is 0 Å². The zero-order valence-electron chi connectivity index (χ0n) is 10.9. The monoisotopic (exact) mass is 246 g/mol. The fourth-order valence-corrected chi connectivity index (χ4v) is 1.31. The number of rotatable bonds is 6. The summed E-state index contributed by atoms with van der Waals surface area (Å²) in [5.41, 5.74) is -0.944. The van der Waals surface area contributed by atoms with E-state index in [0.29, 0.717) is 13.0 Å². The first-order valence-electron chi connectivity index (χ1n) is 5.57. The lowest BCUT2D eigenvalue weighted by molar-refractivity contribution is -0.141. The van der Waals surface area contributed by atoms with Crippen molar-refractivity contribution in [3.63, 3.8) is 0 Å². The lowest BCUT2D eigenvalue weighted by Gasteiger charge is -2.25. The Morgan fingerprint density at radius 3 is 2.35 bits per heavy atom. The van der Waals surface area contributed by atoms with E-state index in [-0.39, 0.29) is 12.6 Å². The standard InChI is InChI=1S/C11H22N2O4/c1-8(9(14)15)5-6-12-10(16)13(4)7-11(2,3)17/h8,17H,5-7H2,1-4H3,(H,12,16)(H,14,15). The second kappa shape index (κ2) is 6.44. The molecule has 0 aliphatic heterocycles. The van der Waals surface area contributed by atoms with Gasteiger partial charge in [-0.3, -0.25) is 4.79 Å². The lowest BCUT2D eigenvalue weighted by atomic mass is 10.1. The van der Waals surface area contributed by atoms with Crippen molar-refractivity contribution >= 4 is 12.0 Å². The van der Waals surface area contributed by atoms with Crippen molar-refractivity contribution in [3.05, 3.63) is 0 Å². The molecule has 0 radical (unpaired) electrons. The van der Waals surface area contributed by atoms with Crippen LogP contribution in [-0.2, 0) is 4.79 Å². The minimum atomic E-state index is -0.944. The van der Waals surface area contributed by atoms with Crippen LogP contribution in [0.1, 0.15) is 27.2 Å². The molecule has 6 heteroatoms. The van der Waals surface area contributed by atoms with Gasteiger partial charge < -0.3 is 20.4 Å². The molecule has 0 aliphatic carbocycles. The van der Waals surface area contributed by atoms with E-state index in [4.69, 9.17) is 5.11 Å². The Balaban J connectivity index is 3.91. The summed E-state index contributed by atoms with van der Waals surface area (Å²) >= 11 is 0. The first-order valence-corrected chi connectivity index (χ1v) is 5.57. The molecule has 100 valence electrons. The Morgan fingerprint density at radius 2 is 1.94 bits per heavy atom. The van der Waals surface area contributed by atoms with Gasteiger partial charge in [0.25, 0.3) is 0 Å². The van der Waals surface area contributed by atoms with E-state index >= 15 is 0 Å². The summed E-state index contributed by atoms with van der Waals surface area (Å²) in [6, 6.07) is -0.315. The average Bonchev–Trinajstić information content (AvgIpc) is 2.14. The molecule has 0 fully saturated rings. The van der Waals surface area contributed by atoms with Gasteiger partial charge in [0, 0.05) is 13.6 Å². The van der Waals surface area contributed by atoms with Crippen molar-refractivity contribution in [1.29, 1.82) is 0 Å². The van der Waals surface area contributed by atoms with Crippen molar-refractivity contribution in [3.8, 4) is 0 Å². The van der Waals surface area contributed by atoms with Crippen molar-refractivity contribution in [1.82, 2.24) is 10.2 Å². The van der Waals surface area contributed by atoms with E-state index in [1.165, 1.54) is 4.90 Å². The summed E-state index contributed by atoms with van der Waals surface area (Å²) in [5.74, 6) is -1.35. The Morgan fingerprint density at radius 1 is 1.41 bits per heavy atom. The van der Waals surface area contributed by atoms with Crippen LogP contribution in [0.25, 0.3) is 0 Å². The maximum Gasteiger partial charge on any atom is 0.317 e. The number of hydrogen-bond acceptors (Lipinski definition) is 3. The molecule has 0 aliphatic rings. The van der Waals surface area contributed by atoms with Gasteiger partial charge in [0.2, 0.25) is 0 Å². The van der Waals surface area contributed by atoms with Gasteiger partial charge in [-0.05, 0) is 20.3 Å². The van der Waals surface area contributed by atoms with Crippen LogP contribution in [0.3, 0.4) is 0 Å². The number of nitrogens with one attached hydrogen (secondary N) is 1. The minimum Gasteiger partial charge on any atom is -0.481 e. The summed E-state index contributed by atoms with van der Waals surface area (Å²) in [7, 11) is 1.58. The highest BCUT2D eigenvalue weighted by Crippen LogP contribution is 2.03. The SMILES string of the molecule is CC(CCNC(=O)N(C)CC(C)(C)O)C(=O)O. The largest absolute Gasteiger partial charge is 0.481 e. The third-order valence-electron chi connectivity index (χ3n) is 2.25. The molecule has 1 atom stereocenters. The van der Waals surface area contributed by atoms with Gasteiger partial charge in [-0.2, -0.15) is 0 Å². The molecular weight excluding hydrogens is 224 g/mol. The predicted molar refractivity (Wildman–Crippen MR) is 63.7 cm³/mol. The molecule has 0 aromatic rings. The predicted octanol–water partition coefficient (Wildman–Crippen LogP) is 0.509. The number of carboxylic acid groups (broad SMARTS) is 1. The Bertz CT molecular complexity index is 273. The topological polar surface area (TPSA) is 89.9 Å². The maximum absolute atomic E-state index is 11.5. The molecule has 0 saturated heterocycles. The second-order valence-electron chi connectivity index (χ2n) is 4.93. The quantitative estimate of drug-likeness (QED) is 0.637. The molecule has 0 bridgehead atoms. The number of carbonyl (C=O) groups excluding carboxylic acids is 1. The molecule has 6 nitrogen and oxygen atoms in total. The summed E-state index contributed by atoms with van der Waals surface area (Å²) in [6.07, 6.45) is 0.386. The number of nitrogens with zero attached hydrogens (tertiary/aromatic N) is 1. The molecule has 0 aromatic carbocycles. The van der Waals surface area contributed by atoms with Crippen LogP contribution < -0.4 is 5.32 Å². The molecule has 0 aromatic heterocycles. The minimum absolute atomic E-state index is 0.216. The van der Waals surface area contributed by atoms with Gasteiger partial charge in [-0.25, -0.2) is 4.79 Å². The first kappa shape index (κ1) is 15.7. The Hall–Kier alpha value is -1.30. The summed E-state index contributed by atoms with van der Waals surface area (Å²) < 4.78 is 0. The number of hydrogen-bond donors (Lipinski definition) is 3. The van der Waals surface area contributed by atoms with Crippen molar-refractivity contribution in [2.24, 2.45) is 5.92 Å². The number of likely N-dealkylation sites (N-methyl/N-ethyl adjacent to an activating group) is 1. The fraction of sp³-hybridized carbons (Fsp3) is 0.818. The van der Waals surface area contributed by atoms with Crippen LogP contribution in [0.2, 0.25) is 0 Å². The van der Waals surface area contributed by atoms with E-state index in [1.807, 2.05) is 0 Å². The van der Waals surface area contributed by atoms with Gasteiger partial charge in [-0.15, -0.1) is 0 Å². The number of urea groups is 1. The van der Waals surface area contributed by atoms with E-state index in [1.54, 1.807) is 27.8 Å². The zero-order valence-corrected chi connectivity index (χ0v) is 10.9. The summed E-state index contributed by atoms with van der Waals surface area (Å²) in [4.78, 5) is 23.4. The Labute approximate surface area is 102 Å². The highest BCUT2D eigenvalue weighted by Gasteiger charge is 2.19. The number of amides is 2. The number of aliphatic carboxylic acids is 1. The van der Waals surface area contributed by atoms with E-state index in [2.05, 4.69) is 5.32 Å². The van der Waals surface area contributed by atoms with Crippen LogP contribution in [0.5, 0.6) is 0 Å². The van der Waals surface area contributed by atoms with Crippen molar-refractivity contribution in [2.75, 3.05) is 20.1 Å². The molecule has 0 heterocycles. The molecular formula is C11H22N2O4. The average molecular weight is 246 g/mol. The highest BCUT2D eigenvalue weighted by molar-refractivity contribution is 5.74. The maximum atomic E-state index is 11.5. The van der Waals surface area contributed by atoms with Crippen LogP contribution >= 0.6 is 0 Å². The van der Waals surface area contributed by atoms with Crippen molar-refractivity contribution in [2.45, 2.75) is 32.8 Å². The number of aliphatic hydroxyl groups is 1.